The Morgan fingerprint density at radius 1 is 1.23 bits per heavy atom. The van der Waals surface area contributed by atoms with Gasteiger partial charge in [0.1, 0.15) is 24.0 Å². The van der Waals surface area contributed by atoms with E-state index < -0.39 is 12.0 Å². The number of anilines is 2. The second-order valence-corrected chi connectivity index (χ2v) is 9.08. The lowest BCUT2D eigenvalue weighted by atomic mass is 10.1. The second-order valence-electron chi connectivity index (χ2n) is 9.08. The van der Waals surface area contributed by atoms with Crippen LogP contribution in [0.4, 0.5) is 11.8 Å². The van der Waals surface area contributed by atoms with Crippen LogP contribution in [-0.4, -0.2) is 63.4 Å². The van der Waals surface area contributed by atoms with Gasteiger partial charge in [-0.25, -0.2) is 15.0 Å². The van der Waals surface area contributed by atoms with Crippen LogP contribution in [0.1, 0.15) is 28.9 Å². The molecule has 2 aromatic heterocycles. The van der Waals surface area contributed by atoms with E-state index in [1.807, 2.05) is 47.9 Å². The summed E-state index contributed by atoms with van der Waals surface area (Å²) in [6, 6.07) is 13.7. The highest BCUT2D eigenvalue weighted by Crippen LogP contribution is 2.37. The molecule has 5 rings (SSSR count). The van der Waals surface area contributed by atoms with Gasteiger partial charge in [-0.3, -0.25) is 9.36 Å². The van der Waals surface area contributed by atoms with E-state index in [9.17, 15) is 9.90 Å². The van der Waals surface area contributed by atoms with Crippen LogP contribution >= 0.6 is 0 Å². The Hall–Kier alpha value is -4.55. The Kier molecular flexibility index (Phi) is 7.66. The number of hydrogen-bond acceptors (Lipinski definition) is 10. The quantitative estimate of drug-likeness (QED) is 0.250. The summed E-state index contributed by atoms with van der Waals surface area (Å²) >= 11 is 0. The van der Waals surface area contributed by atoms with Crippen LogP contribution < -0.4 is 31.5 Å². The third kappa shape index (κ3) is 5.66. The van der Waals surface area contributed by atoms with E-state index in [1.54, 1.807) is 6.07 Å². The van der Waals surface area contributed by atoms with Gasteiger partial charge in [-0.2, -0.15) is 4.99 Å². The average molecular weight is 531 g/mol. The van der Waals surface area contributed by atoms with Crippen molar-refractivity contribution in [2.24, 2.45) is 4.99 Å². The maximum Gasteiger partial charge on any atom is 0.283 e. The summed E-state index contributed by atoms with van der Waals surface area (Å²) in [5, 5.41) is 18.0. The summed E-state index contributed by atoms with van der Waals surface area (Å²) < 4.78 is 13.5. The largest absolute Gasteiger partial charge is 0.491 e. The fraction of sp³-hybridized carbons (Fsp3) is 0.296. The van der Waals surface area contributed by atoms with Crippen LogP contribution in [-0.2, 0) is 6.54 Å². The third-order valence-electron chi connectivity index (χ3n) is 6.42. The van der Waals surface area contributed by atoms with E-state index in [1.165, 1.54) is 19.5 Å². The van der Waals surface area contributed by atoms with Crippen LogP contribution in [0.25, 0.3) is 10.9 Å². The molecule has 202 valence electrons. The van der Waals surface area contributed by atoms with E-state index >= 15 is 0 Å². The first-order chi connectivity index (χ1) is 18.9. The number of nitrogens with two attached hydrogens (primary N) is 1. The maximum absolute atomic E-state index is 12.8. The molecular weight excluding hydrogens is 500 g/mol. The molecule has 2 aromatic carbocycles. The molecule has 12 heteroatoms. The molecule has 0 saturated heterocycles. The van der Waals surface area contributed by atoms with Crippen molar-refractivity contribution >= 4 is 28.6 Å². The molecule has 1 aliphatic heterocycles. The van der Waals surface area contributed by atoms with Crippen molar-refractivity contribution in [1.29, 1.82) is 0 Å². The number of aliphatic hydroxyl groups is 1. The monoisotopic (exact) mass is 530 g/mol. The number of amides is 1. The van der Waals surface area contributed by atoms with Crippen molar-refractivity contribution in [2.45, 2.75) is 25.6 Å². The van der Waals surface area contributed by atoms with E-state index in [4.69, 9.17) is 15.2 Å². The summed E-state index contributed by atoms with van der Waals surface area (Å²) in [7, 11) is 1.52. The molecule has 5 N–H and O–H groups in total. The highest BCUT2D eigenvalue weighted by Gasteiger charge is 2.21. The van der Waals surface area contributed by atoms with E-state index in [-0.39, 0.29) is 29.8 Å². The number of aromatic nitrogens is 4. The topological polar surface area (TPSA) is 162 Å². The van der Waals surface area contributed by atoms with E-state index in [0.29, 0.717) is 36.6 Å². The average Bonchev–Trinajstić information content (AvgIpc) is 3.46. The minimum absolute atomic E-state index is 0.0428. The maximum atomic E-state index is 12.8. The number of rotatable bonds is 9. The number of aliphatic hydroxyl groups excluding tert-OH is 1. The molecule has 0 saturated carbocycles. The molecule has 39 heavy (non-hydrogen) atoms. The van der Waals surface area contributed by atoms with Gasteiger partial charge in [0, 0.05) is 43.5 Å². The standard InChI is InChI=1S/C27H30N8O4/c1-16(17-6-4-3-5-7-17)30-14-19(36)15-39-21-9-8-20-22(23(21)38-2)33-27(35-11-10-29-24(20)35)34-25(37)18-12-31-26(28)32-13-18/h3-9,12-13,16,19,29-30,36H,10-11,14-15H2,1-2H3,(H2,28,31,32)/t16-,19?/m0/s1. The lowest BCUT2D eigenvalue weighted by Gasteiger charge is -2.19. The molecule has 0 aliphatic carbocycles. The molecule has 0 radical (unpaired) electrons. The molecule has 4 aromatic rings. The van der Waals surface area contributed by atoms with Crippen molar-refractivity contribution in [3.63, 3.8) is 0 Å². The van der Waals surface area contributed by atoms with Crippen LogP contribution in [0.15, 0.2) is 59.9 Å². The molecular formula is C27H30N8O4. The molecule has 1 unspecified atom stereocenters. The second kappa shape index (κ2) is 11.5. The summed E-state index contributed by atoms with van der Waals surface area (Å²) in [6.45, 7) is 3.67. The zero-order chi connectivity index (χ0) is 27.4. The van der Waals surface area contributed by atoms with E-state index in [2.05, 4.69) is 30.6 Å². The summed E-state index contributed by atoms with van der Waals surface area (Å²) in [4.78, 5) is 29.4. The van der Waals surface area contributed by atoms with Gasteiger partial charge in [-0.1, -0.05) is 30.3 Å². The van der Waals surface area contributed by atoms with Gasteiger partial charge in [0.15, 0.2) is 11.5 Å². The first-order valence-electron chi connectivity index (χ1n) is 12.6. The lowest BCUT2D eigenvalue weighted by Crippen LogP contribution is -2.33. The van der Waals surface area contributed by atoms with E-state index in [0.717, 1.165) is 16.8 Å². The highest BCUT2D eigenvalue weighted by molar-refractivity contribution is 5.96. The van der Waals surface area contributed by atoms with Gasteiger partial charge in [0.05, 0.1) is 12.7 Å². The fourth-order valence-electron chi connectivity index (χ4n) is 4.37. The molecule has 1 aliphatic rings. The minimum Gasteiger partial charge on any atom is -0.491 e. The van der Waals surface area contributed by atoms with Gasteiger partial charge in [0.25, 0.3) is 5.91 Å². The van der Waals surface area contributed by atoms with Gasteiger partial charge < -0.3 is 30.9 Å². The number of hydrogen-bond donors (Lipinski definition) is 4. The number of nitrogen functional groups attached to an aromatic ring is 1. The normalized spacial score (nSPS) is 14.5. The zero-order valence-electron chi connectivity index (χ0n) is 21.7. The number of carbonyl (C=O) groups is 1. The van der Waals surface area contributed by atoms with Crippen molar-refractivity contribution in [1.82, 2.24) is 24.8 Å². The number of nitrogens with zero attached hydrogens (tertiary/aromatic N) is 5. The summed E-state index contributed by atoms with van der Waals surface area (Å²) in [5.74, 6) is 1.08. The predicted molar refractivity (Wildman–Crippen MR) is 145 cm³/mol. The van der Waals surface area contributed by atoms with Crippen molar-refractivity contribution in [3.05, 3.63) is 71.6 Å². The zero-order valence-corrected chi connectivity index (χ0v) is 21.7. The molecule has 1 amide bonds. The molecule has 3 heterocycles. The number of nitrogens with one attached hydrogen (secondary N) is 2. The van der Waals surface area contributed by atoms with Crippen LogP contribution in [0.2, 0.25) is 0 Å². The van der Waals surface area contributed by atoms with Crippen LogP contribution in [0.3, 0.4) is 0 Å². The summed E-state index contributed by atoms with van der Waals surface area (Å²) in [6.07, 6.45) is 1.89. The first-order valence-corrected chi connectivity index (χ1v) is 12.6. The number of benzene rings is 2. The van der Waals surface area contributed by atoms with Crippen molar-refractivity contribution < 1.29 is 19.4 Å². The lowest BCUT2D eigenvalue weighted by molar-refractivity contribution is 0.0995. The third-order valence-corrected chi connectivity index (χ3v) is 6.42. The molecule has 0 spiro atoms. The Labute approximate surface area is 224 Å². The first kappa shape index (κ1) is 26.1. The SMILES string of the molecule is COc1c(OCC(O)CN[C@@H](C)c2ccccc2)ccc2c3n(c(=NC(=O)c4cnc(N)nc4)nc12)CCN3. The molecule has 0 fully saturated rings. The predicted octanol–water partition coefficient (Wildman–Crippen LogP) is 1.67. The Bertz CT molecular complexity index is 1540. The van der Waals surface area contributed by atoms with Crippen LogP contribution in [0, 0.1) is 0 Å². The van der Waals surface area contributed by atoms with Gasteiger partial charge >= 0.3 is 0 Å². The smallest absolute Gasteiger partial charge is 0.283 e. The van der Waals surface area contributed by atoms with Gasteiger partial charge in [0.2, 0.25) is 11.6 Å². The highest BCUT2D eigenvalue weighted by atomic mass is 16.5. The number of fused-ring (bicyclic) bond motifs is 3. The van der Waals surface area contributed by atoms with Gasteiger partial charge in [-0.05, 0) is 24.6 Å². The summed E-state index contributed by atoms with van der Waals surface area (Å²) in [5.41, 5.74) is 7.53. The fourth-order valence-corrected chi connectivity index (χ4v) is 4.37. The Balaban J connectivity index is 1.39. The van der Waals surface area contributed by atoms with Crippen molar-refractivity contribution in [2.75, 3.05) is 37.9 Å². The van der Waals surface area contributed by atoms with Crippen molar-refractivity contribution in [3.8, 4) is 11.5 Å². The number of carbonyl (C=O) groups excluding carboxylic acids is 1. The number of ether oxygens (including phenoxy) is 2. The van der Waals surface area contributed by atoms with Gasteiger partial charge in [-0.15, -0.1) is 0 Å². The minimum atomic E-state index is -0.757. The number of methoxy groups -OCH3 is 1. The van der Waals surface area contributed by atoms with Crippen LogP contribution in [0.5, 0.6) is 11.5 Å². The Morgan fingerprint density at radius 2 is 2.00 bits per heavy atom. The molecule has 0 bridgehead atoms. The molecule has 12 nitrogen and oxygen atoms in total. The molecule has 2 atom stereocenters. The Morgan fingerprint density at radius 3 is 2.74 bits per heavy atom.